The fraction of sp³-hybridized carbons (Fsp3) is 0.118. The van der Waals surface area contributed by atoms with E-state index in [2.05, 4.69) is 4.98 Å². The topological polar surface area (TPSA) is 90.7 Å². The van der Waals surface area contributed by atoms with Crippen LogP contribution >= 0.6 is 0 Å². The molecule has 0 radical (unpaired) electrons. The van der Waals surface area contributed by atoms with Crippen LogP contribution in [0.15, 0.2) is 60.4 Å². The Kier molecular flexibility index (Phi) is 3.80. The highest BCUT2D eigenvalue weighted by atomic mass is 16.4. The minimum Gasteiger partial charge on any atom is -0.478 e. The van der Waals surface area contributed by atoms with Crippen LogP contribution in [0, 0.1) is 0 Å². The summed E-state index contributed by atoms with van der Waals surface area (Å²) >= 11 is 0. The highest BCUT2D eigenvalue weighted by Crippen LogP contribution is 2.41. The molecule has 0 aliphatic carbocycles. The van der Waals surface area contributed by atoms with Gasteiger partial charge in [0.25, 0.3) is 0 Å². The Bertz CT molecular complexity index is 786. The third kappa shape index (κ3) is 2.78. The van der Waals surface area contributed by atoms with Crippen molar-refractivity contribution in [3.8, 4) is 0 Å². The fourth-order valence-corrected chi connectivity index (χ4v) is 2.89. The molecule has 2 heterocycles. The first-order valence-corrected chi connectivity index (χ1v) is 7.00. The van der Waals surface area contributed by atoms with Gasteiger partial charge in [-0.25, -0.2) is 9.59 Å². The second-order valence-corrected chi connectivity index (χ2v) is 5.18. The number of hydrogen-bond acceptors (Lipinski definition) is 4. The van der Waals surface area contributed by atoms with Gasteiger partial charge in [0.15, 0.2) is 0 Å². The highest BCUT2D eigenvalue weighted by Gasteiger charge is 2.36. The number of fused-ring (bicyclic) bond motifs is 1. The molecule has 6 heteroatoms. The zero-order valence-corrected chi connectivity index (χ0v) is 12.1. The lowest BCUT2D eigenvalue weighted by atomic mass is 9.97. The van der Waals surface area contributed by atoms with Crippen molar-refractivity contribution < 1.29 is 19.8 Å². The maximum absolute atomic E-state index is 11.6. The first kappa shape index (κ1) is 14.8. The molecule has 6 nitrogen and oxygen atoms in total. The van der Waals surface area contributed by atoms with Gasteiger partial charge in [-0.05, 0) is 23.3 Å². The van der Waals surface area contributed by atoms with Gasteiger partial charge in [-0.1, -0.05) is 24.3 Å². The smallest absolute Gasteiger partial charge is 0.334 e. The average molecular weight is 310 g/mol. The Morgan fingerprint density at radius 1 is 1.13 bits per heavy atom. The number of benzene rings is 1. The number of rotatable bonds is 4. The van der Waals surface area contributed by atoms with E-state index in [9.17, 15) is 14.7 Å². The van der Waals surface area contributed by atoms with Gasteiger partial charge in [-0.15, -0.1) is 0 Å². The molecule has 2 aromatic rings. The van der Waals surface area contributed by atoms with Crippen LogP contribution in [-0.4, -0.2) is 27.1 Å². The molecule has 23 heavy (non-hydrogen) atoms. The molecule has 0 bridgehead atoms. The standard InChI is InChI=1S/C17H14N2O4/c20-15(21)9-14(17(22)23)16-13-4-2-1-3-11(13)10-19(16)12-5-7-18-8-6-12/h1-9,16H,10H2,(H,20,21)(H,22,23)/b14-9-. The number of anilines is 1. The molecule has 3 rings (SSSR count). The first-order chi connectivity index (χ1) is 11.1. The summed E-state index contributed by atoms with van der Waals surface area (Å²) in [5.74, 6) is -2.52. The van der Waals surface area contributed by atoms with Crippen LogP contribution < -0.4 is 4.90 Å². The summed E-state index contributed by atoms with van der Waals surface area (Å²) in [5.41, 5.74) is 2.41. The van der Waals surface area contributed by atoms with Crippen molar-refractivity contribution in [1.82, 2.24) is 4.98 Å². The van der Waals surface area contributed by atoms with E-state index in [1.165, 1.54) is 0 Å². The Morgan fingerprint density at radius 3 is 2.48 bits per heavy atom. The normalized spacial score (nSPS) is 17.0. The van der Waals surface area contributed by atoms with Gasteiger partial charge in [0, 0.05) is 30.7 Å². The number of hydrogen-bond donors (Lipinski definition) is 2. The lowest BCUT2D eigenvalue weighted by Gasteiger charge is -2.27. The zero-order valence-electron chi connectivity index (χ0n) is 12.1. The molecule has 0 spiro atoms. The van der Waals surface area contributed by atoms with Gasteiger partial charge >= 0.3 is 11.9 Å². The Morgan fingerprint density at radius 2 is 1.83 bits per heavy atom. The molecule has 1 aromatic heterocycles. The van der Waals surface area contributed by atoms with E-state index in [-0.39, 0.29) is 5.57 Å². The largest absolute Gasteiger partial charge is 0.478 e. The summed E-state index contributed by atoms with van der Waals surface area (Å²) in [5, 5.41) is 18.5. The molecule has 1 aromatic carbocycles. The number of nitrogens with zero attached hydrogens (tertiary/aromatic N) is 2. The van der Waals surface area contributed by atoms with Gasteiger partial charge in [0.05, 0.1) is 11.6 Å². The number of carbonyl (C=O) groups is 2. The predicted octanol–water partition coefficient (Wildman–Crippen LogP) is 2.24. The Balaban J connectivity index is 2.15. The maximum atomic E-state index is 11.6. The molecule has 0 fully saturated rings. The summed E-state index contributed by atoms with van der Waals surface area (Å²) in [6.45, 7) is 0.509. The van der Waals surface area contributed by atoms with Crippen LogP contribution in [0.1, 0.15) is 17.2 Å². The predicted molar refractivity (Wildman–Crippen MR) is 83.0 cm³/mol. The quantitative estimate of drug-likeness (QED) is 0.842. The average Bonchev–Trinajstić information content (AvgIpc) is 2.92. The fourth-order valence-electron chi connectivity index (χ4n) is 2.89. The first-order valence-electron chi connectivity index (χ1n) is 7.00. The van der Waals surface area contributed by atoms with Crippen LogP contribution in [0.25, 0.3) is 0 Å². The van der Waals surface area contributed by atoms with Crippen LogP contribution in [0.5, 0.6) is 0 Å². The minimum atomic E-state index is -1.28. The molecule has 116 valence electrons. The second kappa shape index (κ2) is 5.92. The lowest BCUT2D eigenvalue weighted by molar-refractivity contribution is -0.135. The molecular formula is C17H14N2O4. The molecule has 1 aliphatic heterocycles. The molecule has 0 saturated heterocycles. The van der Waals surface area contributed by atoms with Crippen molar-refractivity contribution >= 4 is 17.6 Å². The lowest BCUT2D eigenvalue weighted by Crippen LogP contribution is -2.26. The minimum absolute atomic E-state index is 0.167. The zero-order chi connectivity index (χ0) is 16.4. The van der Waals surface area contributed by atoms with E-state index in [0.29, 0.717) is 6.54 Å². The van der Waals surface area contributed by atoms with Crippen LogP contribution in [0.3, 0.4) is 0 Å². The van der Waals surface area contributed by atoms with E-state index >= 15 is 0 Å². The molecule has 1 aliphatic rings. The number of aromatic nitrogens is 1. The van der Waals surface area contributed by atoms with Crippen molar-refractivity contribution in [3.63, 3.8) is 0 Å². The third-order valence-electron chi connectivity index (χ3n) is 3.82. The molecule has 1 atom stereocenters. The van der Waals surface area contributed by atoms with E-state index in [1.54, 1.807) is 24.5 Å². The maximum Gasteiger partial charge on any atom is 0.334 e. The van der Waals surface area contributed by atoms with Crippen molar-refractivity contribution in [2.24, 2.45) is 0 Å². The van der Waals surface area contributed by atoms with Gasteiger partial charge in [-0.3, -0.25) is 4.98 Å². The van der Waals surface area contributed by atoms with E-state index in [0.717, 1.165) is 22.9 Å². The van der Waals surface area contributed by atoms with Gasteiger partial charge in [0.1, 0.15) is 0 Å². The molecule has 1 unspecified atom stereocenters. The van der Waals surface area contributed by atoms with Crippen molar-refractivity contribution in [3.05, 3.63) is 71.6 Å². The SMILES string of the molecule is O=C(O)/C=C(\C(=O)O)C1c2ccccc2CN1c1ccncc1. The summed E-state index contributed by atoms with van der Waals surface area (Å²) in [7, 11) is 0. The van der Waals surface area contributed by atoms with Crippen molar-refractivity contribution in [2.45, 2.75) is 12.6 Å². The summed E-state index contributed by atoms with van der Waals surface area (Å²) in [6, 6.07) is 10.4. The van der Waals surface area contributed by atoms with Crippen molar-refractivity contribution in [2.75, 3.05) is 4.90 Å². The van der Waals surface area contributed by atoms with Gasteiger partial charge < -0.3 is 15.1 Å². The van der Waals surface area contributed by atoms with Gasteiger partial charge in [-0.2, -0.15) is 0 Å². The molecular weight excluding hydrogens is 296 g/mol. The van der Waals surface area contributed by atoms with E-state index in [1.807, 2.05) is 29.2 Å². The summed E-state index contributed by atoms with van der Waals surface area (Å²) < 4.78 is 0. The number of pyridine rings is 1. The van der Waals surface area contributed by atoms with Crippen molar-refractivity contribution in [1.29, 1.82) is 0 Å². The van der Waals surface area contributed by atoms with Crippen LogP contribution in [0.4, 0.5) is 5.69 Å². The Labute approximate surface area is 132 Å². The number of carboxylic acids is 2. The second-order valence-electron chi connectivity index (χ2n) is 5.18. The Hall–Kier alpha value is -3.15. The van der Waals surface area contributed by atoms with Gasteiger partial charge in [0.2, 0.25) is 0 Å². The molecule has 0 saturated carbocycles. The summed E-state index contributed by atoms with van der Waals surface area (Å²) in [4.78, 5) is 28.5. The molecule has 0 amide bonds. The molecule has 2 N–H and O–H groups in total. The van der Waals surface area contributed by atoms with E-state index in [4.69, 9.17) is 5.11 Å². The van der Waals surface area contributed by atoms with E-state index < -0.39 is 18.0 Å². The van der Waals surface area contributed by atoms with Crippen LogP contribution in [-0.2, 0) is 16.1 Å². The number of aliphatic carboxylic acids is 2. The summed E-state index contributed by atoms with van der Waals surface area (Å²) in [6.07, 6.45) is 4.01. The highest BCUT2D eigenvalue weighted by molar-refractivity contribution is 5.97. The number of carboxylic acid groups (broad SMARTS) is 2. The monoisotopic (exact) mass is 310 g/mol. The third-order valence-corrected chi connectivity index (χ3v) is 3.82. The van der Waals surface area contributed by atoms with Crippen LogP contribution in [0.2, 0.25) is 0 Å².